The summed E-state index contributed by atoms with van der Waals surface area (Å²) in [6.07, 6.45) is -3.31. The number of ether oxygens (including phenoxy) is 2. The van der Waals surface area contributed by atoms with E-state index in [1.165, 1.54) is 0 Å². The summed E-state index contributed by atoms with van der Waals surface area (Å²) in [4.78, 5) is 23.2. The lowest BCUT2D eigenvalue weighted by molar-refractivity contribution is 0.0328. The van der Waals surface area contributed by atoms with Crippen molar-refractivity contribution in [2.24, 2.45) is 0 Å². The average Bonchev–Trinajstić information content (AvgIpc) is 3.02. The molecule has 2 saturated heterocycles. The number of sulfone groups is 2. The molecule has 0 aromatic rings. The molecule has 0 saturated carbocycles. The third-order valence-electron chi connectivity index (χ3n) is 4.70. The lowest BCUT2D eigenvalue weighted by Gasteiger charge is -2.15. The van der Waals surface area contributed by atoms with Gasteiger partial charge in [0.1, 0.15) is 24.4 Å². The zero-order valence-corrected chi connectivity index (χ0v) is 18.0. The van der Waals surface area contributed by atoms with Crippen LogP contribution < -0.4 is 10.6 Å². The smallest absolute Gasteiger partial charge is 0.407 e. The van der Waals surface area contributed by atoms with Gasteiger partial charge < -0.3 is 30.3 Å². The van der Waals surface area contributed by atoms with E-state index in [-0.39, 0.29) is 11.5 Å². The van der Waals surface area contributed by atoms with Crippen molar-refractivity contribution < 1.29 is 46.1 Å². The molecule has 12 nitrogen and oxygen atoms in total. The maximum Gasteiger partial charge on any atom is 0.407 e. The van der Waals surface area contributed by atoms with E-state index < -0.39 is 67.8 Å². The molecule has 0 radical (unpaired) electrons. The van der Waals surface area contributed by atoms with Crippen molar-refractivity contribution in [2.45, 2.75) is 50.1 Å². The fraction of sp³-hybridized carbons (Fsp3) is 0.875. The van der Waals surface area contributed by atoms with E-state index in [0.717, 1.165) is 12.8 Å². The van der Waals surface area contributed by atoms with E-state index in [9.17, 15) is 36.6 Å². The van der Waals surface area contributed by atoms with Crippen molar-refractivity contribution in [3.05, 3.63) is 0 Å². The molecule has 2 rings (SSSR count). The maximum atomic E-state index is 11.6. The van der Waals surface area contributed by atoms with Crippen LogP contribution in [0.25, 0.3) is 0 Å². The standard InChI is InChI=1S/C16H28N2O10S2/c19-11-7-29(23,24)9-13(11)27-15(21)17-5-3-1-2-4-6-18-16(22)28-14-10-30(25,26)8-12(14)20/h11-14,19-20H,1-10H2,(H,17,21)(H,18,22). The number of carbonyl (C=O) groups excluding carboxylic acids is 2. The molecule has 4 atom stereocenters. The second-order valence-electron chi connectivity index (χ2n) is 7.44. The first-order valence-corrected chi connectivity index (χ1v) is 13.3. The topological polar surface area (TPSA) is 185 Å². The molecule has 0 aromatic heterocycles. The van der Waals surface area contributed by atoms with Gasteiger partial charge in [0, 0.05) is 13.1 Å². The first-order valence-electron chi connectivity index (χ1n) is 9.63. The van der Waals surface area contributed by atoms with Crippen molar-refractivity contribution in [3.63, 3.8) is 0 Å². The van der Waals surface area contributed by atoms with Crippen LogP contribution in [0, 0.1) is 0 Å². The SMILES string of the molecule is O=C(NCCCCCCNC(=O)OC1CS(=O)(=O)CC1O)OC1CS(=O)(=O)CC1O. The number of aliphatic hydroxyl groups excluding tert-OH is 2. The molecule has 0 spiro atoms. The van der Waals surface area contributed by atoms with E-state index in [4.69, 9.17) is 9.47 Å². The molecule has 2 fully saturated rings. The van der Waals surface area contributed by atoms with Crippen molar-refractivity contribution in [3.8, 4) is 0 Å². The van der Waals surface area contributed by atoms with Crippen LogP contribution in [0.4, 0.5) is 9.59 Å². The number of aliphatic hydroxyl groups is 2. The zero-order chi connectivity index (χ0) is 22.4. The number of rotatable bonds is 9. The van der Waals surface area contributed by atoms with Crippen molar-refractivity contribution in [1.82, 2.24) is 10.6 Å². The van der Waals surface area contributed by atoms with Crippen LogP contribution in [0.15, 0.2) is 0 Å². The number of hydrogen-bond donors (Lipinski definition) is 4. The fourth-order valence-electron chi connectivity index (χ4n) is 3.16. The summed E-state index contributed by atoms with van der Waals surface area (Å²) in [7, 11) is -6.76. The Kier molecular flexibility index (Phi) is 8.70. The van der Waals surface area contributed by atoms with E-state index >= 15 is 0 Å². The Labute approximate surface area is 175 Å². The molecule has 0 aromatic carbocycles. The highest BCUT2D eigenvalue weighted by atomic mass is 32.2. The number of carbonyl (C=O) groups is 2. The molecule has 2 amide bonds. The predicted octanol–water partition coefficient (Wildman–Crippen LogP) is -1.68. The molecule has 30 heavy (non-hydrogen) atoms. The highest BCUT2D eigenvalue weighted by molar-refractivity contribution is 7.92. The van der Waals surface area contributed by atoms with Crippen LogP contribution in [-0.2, 0) is 29.1 Å². The van der Waals surface area contributed by atoms with Gasteiger partial charge in [-0.3, -0.25) is 0 Å². The van der Waals surface area contributed by atoms with Gasteiger partial charge >= 0.3 is 12.2 Å². The third kappa shape index (κ3) is 8.24. The van der Waals surface area contributed by atoms with Gasteiger partial charge in [0.05, 0.1) is 23.0 Å². The molecular weight excluding hydrogens is 444 g/mol. The Morgan fingerprint density at radius 3 is 1.37 bits per heavy atom. The molecule has 2 aliphatic heterocycles. The van der Waals surface area contributed by atoms with E-state index in [1.807, 2.05) is 0 Å². The molecule has 14 heteroatoms. The molecular formula is C16H28N2O10S2. The van der Waals surface area contributed by atoms with Gasteiger partial charge in [-0.25, -0.2) is 26.4 Å². The summed E-state index contributed by atoms with van der Waals surface area (Å²) in [5.41, 5.74) is 0. The van der Waals surface area contributed by atoms with Crippen LogP contribution in [0.3, 0.4) is 0 Å². The van der Waals surface area contributed by atoms with Crippen molar-refractivity contribution in [2.75, 3.05) is 36.1 Å². The van der Waals surface area contributed by atoms with Gasteiger partial charge in [0.15, 0.2) is 19.7 Å². The van der Waals surface area contributed by atoms with Gasteiger partial charge in [-0.05, 0) is 12.8 Å². The highest BCUT2D eigenvalue weighted by Gasteiger charge is 2.40. The minimum absolute atomic E-state index is 0.317. The minimum Gasteiger partial charge on any atom is -0.442 e. The lowest BCUT2D eigenvalue weighted by Crippen LogP contribution is -2.35. The van der Waals surface area contributed by atoms with Gasteiger partial charge in [0.2, 0.25) is 0 Å². The lowest BCUT2D eigenvalue weighted by atomic mass is 10.2. The summed E-state index contributed by atoms with van der Waals surface area (Å²) >= 11 is 0. The van der Waals surface area contributed by atoms with Crippen LogP contribution >= 0.6 is 0 Å². The van der Waals surface area contributed by atoms with Crippen LogP contribution in [0.1, 0.15) is 25.7 Å². The molecule has 2 heterocycles. The third-order valence-corrected chi connectivity index (χ3v) is 8.07. The van der Waals surface area contributed by atoms with Crippen LogP contribution in [0.2, 0.25) is 0 Å². The first kappa shape index (κ1) is 24.6. The molecule has 0 bridgehead atoms. The number of hydrogen-bond acceptors (Lipinski definition) is 10. The first-order chi connectivity index (χ1) is 14.0. The van der Waals surface area contributed by atoms with Crippen LogP contribution in [0.5, 0.6) is 0 Å². The fourth-order valence-corrected chi connectivity index (χ4v) is 6.49. The van der Waals surface area contributed by atoms with E-state index in [0.29, 0.717) is 25.9 Å². The number of amides is 2. The Morgan fingerprint density at radius 1 is 0.700 bits per heavy atom. The maximum absolute atomic E-state index is 11.6. The highest BCUT2D eigenvalue weighted by Crippen LogP contribution is 2.16. The predicted molar refractivity (Wildman–Crippen MR) is 104 cm³/mol. The van der Waals surface area contributed by atoms with Gasteiger partial charge in [-0.1, -0.05) is 12.8 Å². The van der Waals surface area contributed by atoms with E-state index in [2.05, 4.69) is 10.6 Å². The molecule has 2 aliphatic rings. The molecule has 174 valence electrons. The largest absolute Gasteiger partial charge is 0.442 e. The normalized spacial score (nSPS) is 29.3. The van der Waals surface area contributed by atoms with Gasteiger partial charge in [-0.2, -0.15) is 0 Å². The summed E-state index contributed by atoms with van der Waals surface area (Å²) < 4.78 is 55.2. The summed E-state index contributed by atoms with van der Waals surface area (Å²) in [5, 5.41) is 24.1. The molecule has 4 unspecified atom stereocenters. The summed E-state index contributed by atoms with van der Waals surface area (Å²) in [6, 6.07) is 0. The Hall–Kier alpha value is -1.64. The number of alkyl carbamates (subject to hydrolysis) is 2. The minimum atomic E-state index is -3.38. The van der Waals surface area contributed by atoms with Crippen LogP contribution in [-0.4, -0.2) is 99.8 Å². The quantitative estimate of drug-likeness (QED) is 0.282. The van der Waals surface area contributed by atoms with Gasteiger partial charge in [-0.15, -0.1) is 0 Å². The number of nitrogens with one attached hydrogen (secondary N) is 2. The van der Waals surface area contributed by atoms with E-state index in [1.54, 1.807) is 0 Å². The number of unbranched alkanes of at least 4 members (excludes halogenated alkanes) is 3. The Morgan fingerprint density at radius 2 is 1.07 bits per heavy atom. The second-order valence-corrected chi connectivity index (χ2v) is 11.8. The monoisotopic (exact) mass is 472 g/mol. The van der Waals surface area contributed by atoms with Crippen molar-refractivity contribution >= 4 is 31.9 Å². The Bertz CT molecular complexity index is 746. The average molecular weight is 473 g/mol. The van der Waals surface area contributed by atoms with Gasteiger partial charge in [0.25, 0.3) is 0 Å². The molecule has 4 N–H and O–H groups in total. The zero-order valence-electron chi connectivity index (χ0n) is 16.4. The summed E-state index contributed by atoms with van der Waals surface area (Å²) in [6.45, 7) is 0.635. The second kappa shape index (κ2) is 10.6. The summed E-state index contributed by atoms with van der Waals surface area (Å²) in [5.74, 6) is -1.58. The van der Waals surface area contributed by atoms with Crippen molar-refractivity contribution in [1.29, 1.82) is 0 Å². The molecule has 0 aliphatic carbocycles. The Balaban J connectivity index is 1.46.